The first-order valence-corrected chi connectivity index (χ1v) is 11.6. The molecule has 0 aliphatic carbocycles. The average Bonchev–Trinajstić information content (AvgIpc) is 3.30. The molecular weight excluding hydrogens is 403 g/mol. The number of rotatable bonds is 5. The zero-order valence-corrected chi connectivity index (χ0v) is 20.1. The molecule has 5 nitrogen and oxygen atoms in total. The molecule has 1 aromatic carbocycles. The SMILES string of the molecule is CC.Cc1ccc(F)c(C)c1C(C)Oc1cc(-c2cnn(C3CCNCC3)c2)cnc1C. The van der Waals surface area contributed by atoms with Gasteiger partial charge >= 0.3 is 0 Å². The van der Waals surface area contributed by atoms with Gasteiger partial charge in [0.25, 0.3) is 0 Å². The number of hydrogen-bond acceptors (Lipinski definition) is 4. The van der Waals surface area contributed by atoms with Crippen molar-refractivity contribution < 1.29 is 9.13 Å². The molecule has 6 heteroatoms. The number of aromatic nitrogens is 3. The summed E-state index contributed by atoms with van der Waals surface area (Å²) in [6, 6.07) is 5.75. The lowest BCUT2D eigenvalue weighted by atomic mass is 9.98. The van der Waals surface area contributed by atoms with Gasteiger partial charge in [-0.1, -0.05) is 19.9 Å². The molecular formula is C26H35FN4O. The largest absolute Gasteiger partial charge is 0.484 e. The summed E-state index contributed by atoms with van der Waals surface area (Å²) in [6.45, 7) is 13.7. The standard InChI is InChI=1S/C24H29FN4O.C2H6/c1-15-5-6-22(25)16(2)24(15)18(4)30-23-11-19(12-27-17(23)3)20-13-28-29(14-20)21-7-9-26-10-8-21;1-2/h5-6,11-14,18,21,26H,7-10H2,1-4H3;1-2H3. The molecule has 1 N–H and O–H groups in total. The lowest BCUT2D eigenvalue weighted by molar-refractivity contribution is 0.222. The second kappa shape index (κ2) is 10.7. The second-order valence-corrected chi connectivity index (χ2v) is 8.16. The van der Waals surface area contributed by atoms with Crippen molar-refractivity contribution in [1.29, 1.82) is 0 Å². The normalized spacial score (nSPS) is 15.1. The third-order valence-electron chi connectivity index (χ3n) is 6.04. The Balaban J connectivity index is 0.00000141. The van der Waals surface area contributed by atoms with Gasteiger partial charge in [0.1, 0.15) is 17.7 Å². The fourth-order valence-corrected chi connectivity index (χ4v) is 4.26. The highest BCUT2D eigenvalue weighted by molar-refractivity contribution is 5.63. The monoisotopic (exact) mass is 438 g/mol. The molecule has 1 aliphatic rings. The topological polar surface area (TPSA) is 52.0 Å². The highest BCUT2D eigenvalue weighted by atomic mass is 19.1. The smallest absolute Gasteiger partial charge is 0.142 e. The number of ether oxygens (including phenoxy) is 1. The maximum atomic E-state index is 14.1. The van der Waals surface area contributed by atoms with Crippen LogP contribution >= 0.6 is 0 Å². The van der Waals surface area contributed by atoms with Crippen molar-refractivity contribution in [3.8, 4) is 16.9 Å². The Kier molecular flexibility index (Phi) is 8.02. The van der Waals surface area contributed by atoms with Crippen LogP contribution in [0.25, 0.3) is 11.1 Å². The van der Waals surface area contributed by atoms with Gasteiger partial charge in [0.15, 0.2) is 0 Å². The first-order chi connectivity index (χ1) is 15.4. The number of pyridine rings is 1. The Hall–Kier alpha value is -2.73. The lowest BCUT2D eigenvalue weighted by Crippen LogP contribution is -2.29. The van der Waals surface area contributed by atoms with Crippen LogP contribution in [0, 0.1) is 26.6 Å². The van der Waals surface area contributed by atoms with E-state index in [-0.39, 0.29) is 11.9 Å². The molecule has 172 valence electrons. The zero-order chi connectivity index (χ0) is 23.3. The minimum atomic E-state index is -0.283. The second-order valence-electron chi connectivity index (χ2n) is 8.16. The van der Waals surface area contributed by atoms with Crippen molar-refractivity contribution in [3.05, 3.63) is 65.0 Å². The van der Waals surface area contributed by atoms with Crippen molar-refractivity contribution >= 4 is 0 Å². The van der Waals surface area contributed by atoms with E-state index in [2.05, 4.69) is 26.3 Å². The molecule has 3 aromatic rings. The summed E-state index contributed by atoms with van der Waals surface area (Å²) in [4.78, 5) is 4.54. The van der Waals surface area contributed by atoms with Gasteiger partial charge < -0.3 is 10.1 Å². The highest BCUT2D eigenvalue weighted by Gasteiger charge is 2.19. The van der Waals surface area contributed by atoms with Gasteiger partial charge in [-0.2, -0.15) is 5.10 Å². The van der Waals surface area contributed by atoms with Gasteiger partial charge in [0.05, 0.1) is 17.9 Å². The minimum Gasteiger partial charge on any atom is -0.484 e. The van der Waals surface area contributed by atoms with Gasteiger partial charge in [-0.15, -0.1) is 0 Å². The molecule has 1 aliphatic heterocycles. The van der Waals surface area contributed by atoms with E-state index in [0.29, 0.717) is 17.4 Å². The van der Waals surface area contributed by atoms with Crippen LogP contribution < -0.4 is 10.1 Å². The van der Waals surface area contributed by atoms with E-state index in [4.69, 9.17) is 4.74 Å². The Bertz CT molecular complexity index is 1040. The predicted octanol–water partition coefficient (Wildman–Crippen LogP) is 6.10. The van der Waals surface area contributed by atoms with Crippen molar-refractivity contribution in [2.45, 2.75) is 66.5 Å². The number of piperidine rings is 1. The molecule has 4 rings (SSSR count). The van der Waals surface area contributed by atoms with Gasteiger partial charge in [-0.25, -0.2) is 4.39 Å². The van der Waals surface area contributed by atoms with E-state index in [0.717, 1.165) is 53.9 Å². The first kappa shape index (κ1) is 23.9. The lowest BCUT2D eigenvalue weighted by Gasteiger charge is -2.22. The van der Waals surface area contributed by atoms with E-state index in [1.807, 2.05) is 53.1 Å². The van der Waals surface area contributed by atoms with Crippen LogP contribution in [0.1, 0.15) is 68.1 Å². The summed E-state index contributed by atoms with van der Waals surface area (Å²) >= 11 is 0. The molecule has 1 unspecified atom stereocenters. The average molecular weight is 439 g/mol. The van der Waals surface area contributed by atoms with Crippen LogP contribution in [-0.2, 0) is 0 Å². The number of nitrogens with one attached hydrogen (secondary N) is 1. The Morgan fingerprint density at radius 3 is 2.53 bits per heavy atom. The summed E-state index contributed by atoms with van der Waals surface area (Å²) in [5.41, 5.74) is 5.34. The zero-order valence-electron chi connectivity index (χ0n) is 20.1. The van der Waals surface area contributed by atoms with Crippen LogP contribution in [-0.4, -0.2) is 27.9 Å². The number of aryl methyl sites for hydroxylation is 2. The summed E-state index contributed by atoms with van der Waals surface area (Å²) in [6.07, 6.45) is 7.74. The quantitative estimate of drug-likeness (QED) is 0.523. The fraction of sp³-hybridized carbons (Fsp3) is 0.462. The number of hydrogen-bond donors (Lipinski definition) is 1. The number of nitrogens with zero attached hydrogens (tertiary/aromatic N) is 3. The number of benzene rings is 1. The third-order valence-corrected chi connectivity index (χ3v) is 6.04. The summed E-state index contributed by atoms with van der Waals surface area (Å²) in [5, 5.41) is 7.98. The molecule has 0 spiro atoms. The third kappa shape index (κ3) is 5.18. The van der Waals surface area contributed by atoms with E-state index in [1.54, 1.807) is 13.0 Å². The Morgan fingerprint density at radius 1 is 1.09 bits per heavy atom. The Labute approximate surface area is 191 Å². The molecule has 3 heterocycles. The molecule has 0 radical (unpaired) electrons. The van der Waals surface area contributed by atoms with Crippen LogP contribution in [0.4, 0.5) is 4.39 Å². The van der Waals surface area contributed by atoms with Gasteiger partial charge in [-0.3, -0.25) is 9.67 Å². The maximum Gasteiger partial charge on any atom is 0.142 e. The molecule has 32 heavy (non-hydrogen) atoms. The summed E-state index contributed by atoms with van der Waals surface area (Å²) in [7, 11) is 0. The van der Waals surface area contributed by atoms with E-state index in [9.17, 15) is 4.39 Å². The molecule has 1 saturated heterocycles. The van der Waals surface area contributed by atoms with Crippen LogP contribution in [0.2, 0.25) is 0 Å². The maximum absolute atomic E-state index is 14.1. The van der Waals surface area contributed by atoms with Crippen LogP contribution in [0.15, 0.2) is 36.8 Å². The van der Waals surface area contributed by atoms with Crippen LogP contribution in [0.5, 0.6) is 5.75 Å². The summed E-state index contributed by atoms with van der Waals surface area (Å²) < 4.78 is 22.4. The van der Waals surface area contributed by atoms with Gasteiger partial charge in [0, 0.05) is 29.1 Å². The highest BCUT2D eigenvalue weighted by Crippen LogP contribution is 2.32. The predicted molar refractivity (Wildman–Crippen MR) is 128 cm³/mol. The van der Waals surface area contributed by atoms with Gasteiger partial charge in [-0.05, 0) is 76.9 Å². The van der Waals surface area contributed by atoms with Crippen molar-refractivity contribution in [1.82, 2.24) is 20.1 Å². The van der Waals surface area contributed by atoms with Crippen molar-refractivity contribution in [2.75, 3.05) is 13.1 Å². The summed E-state index contributed by atoms with van der Waals surface area (Å²) in [5.74, 6) is 0.498. The van der Waals surface area contributed by atoms with Gasteiger partial charge in [0.2, 0.25) is 0 Å². The van der Waals surface area contributed by atoms with E-state index in [1.165, 1.54) is 6.07 Å². The Morgan fingerprint density at radius 2 is 1.81 bits per heavy atom. The van der Waals surface area contributed by atoms with Crippen LogP contribution in [0.3, 0.4) is 0 Å². The molecule has 0 bridgehead atoms. The molecule has 1 atom stereocenters. The van der Waals surface area contributed by atoms with E-state index < -0.39 is 0 Å². The molecule has 0 saturated carbocycles. The minimum absolute atomic E-state index is 0.208. The molecule has 2 aromatic heterocycles. The van der Waals surface area contributed by atoms with Crippen molar-refractivity contribution in [3.63, 3.8) is 0 Å². The van der Waals surface area contributed by atoms with Crippen molar-refractivity contribution in [2.24, 2.45) is 0 Å². The number of halogens is 1. The first-order valence-electron chi connectivity index (χ1n) is 11.6. The molecule has 1 fully saturated rings. The van der Waals surface area contributed by atoms with E-state index >= 15 is 0 Å². The molecule has 0 amide bonds. The fourth-order valence-electron chi connectivity index (χ4n) is 4.26.